The van der Waals surface area contributed by atoms with Crippen LogP contribution in [0.15, 0.2) is 27.6 Å². The first-order chi connectivity index (χ1) is 9.88. The fourth-order valence-corrected chi connectivity index (χ4v) is 3.14. The van der Waals surface area contributed by atoms with Crippen molar-refractivity contribution in [2.75, 3.05) is 13.2 Å². The van der Waals surface area contributed by atoms with Gasteiger partial charge >= 0.3 is 0 Å². The van der Waals surface area contributed by atoms with Gasteiger partial charge in [0.2, 0.25) is 10.0 Å². The quantitative estimate of drug-likeness (QED) is 0.810. The molecular formula is C13H17BrN2O4S. The summed E-state index contributed by atoms with van der Waals surface area (Å²) in [5.74, 6) is -0.342. The summed E-state index contributed by atoms with van der Waals surface area (Å²) >= 11 is 3.23. The molecule has 8 heteroatoms. The molecule has 6 nitrogen and oxygen atoms in total. The van der Waals surface area contributed by atoms with Gasteiger partial charge in [0.15, 0.2) is 0 Å². The van der Waals surface area contributed by atoms with Crippen molar-refractivity contribution in [1.82, 2.24) is 5.32 Å². The number of halogens is 1. The van der Waals surface area contributed by atoms with Gasteiger partial charge in [-0.1, -0.05) is 0 Å². The van der Waals surface area contributed by atoms with Crippen LogP contribution in [0.1, 0.15) is 29.6 Å². The van der Waals surface area contributed by atoms with Gasteiger partial charge in [-0.25, -0.2) is 13.6 Å². The summed E-state index contributed by atoms with van der Waals surface area (Å²) in [6.07, 6.45) is 3.02. The van der Waals surface area contributed by atoms with Crippen molar-refractivity contribution in [1.29, 1.82) is 0 Å². The predicted molar refractivity (Wildman–Crippen MR) is 81.4 cm³/mol. The van der Waals surface area contributed by atoms with Crippen LogP contribution in [0.3, 0.4) is 0 Å². The van der Waals surface area contributed by atoms with Crippen molar-refractivity contribution in [3.05, 3.63) is 28.2 Å². The van der Waals surface area contributed by atoms with E-state index in [1.165, 1.54) is 18.2 Å². The van der Waals surface area contributed by atoms with Gasteiger partial charge in [-0.05, 0) is 53.4 Å². The van der Waals surface area contributed by atoms with E-state index in [1.807, 2.05) is 0 Å². The molecule has 1 amide bonds. The molecule has 2 rings (SSSR count). The minimum atomic E-state index is -3.83. The predicted octanol–water partition coefficient (Wildman–Crippen LogP) is 1.40. The van der Waals surface area contributed by atoms with Crippen LogP contribution in [0, 0.1) is 0 Å². The normalized spacial score (nSPS) is 18.7. The minimum absolute atomic E-state index is 0.0880. The van der Waals surface area contributed by atoms with E-state index in [1.54, 1.807) is 0 Å². The Bertz CT molecular complexity index is 627. The lowest BCUT2D eigenvalue weighted by Gasteiger charge is -2.11. The molecule has 0 aromatic heterocycles. The number of nitrogens with two attached hydrogens (primary N) is 1. The summed E-state index contributed by atoms with van der Waals surface area (Å²) in [5.41, 5.74) is 0.244. The molecule has 1 heterocycles. The zero-order valence-electron chi connectivity index (χ0n) is 11.3. The Labute approximate surface area is 132 Å². The highest BCUT2D eigenvalue weighted by atomic mass is 79.9. The fourth-order valence-electron chi connectivity index (χ4n) is 2.17. The fraction of sp³-hybridized carbons (Fsp3) is 0.462. The lowest BCUT2D eigenvalue weighted by atomic mass is 10.1. The molecule has 116 valence electrons. The first-order valence-corrected chi connectivity index (χ1v) is 8.94. The van der Waals surface area contributed by atoms with E-state index >= 15 is 0 Å². The van der Waals surface area contributed by atoms with Crippen molar-refractivity contribution >= 4 is 31.9 Å². The molecule has 1 fully saturated rings. The summed E-state index contributed by atoms with van der Waals surface area (Å²) in [4.78, 5) is 12.0. The Morgan fingerprint density at radius 3 is 2.86 bits per heavy atom. The van der Waals surface area contributed by atoms with Crippen LogP contribution in [0.2, 0.25) is 0 Å². The Morgan fingerprint density at radius 2 is 2.24 bits per heavy atom. The van der Waals surface area contributed by atoms with Crippen molar-refractivity contribution in [3.8, 4) is 0 Å². The van der Waals surface area contributed by atoms with E-state index in [0.717, 1.165) is 25.9 Å². The maximum absolute atomic E-state index is 12.1. The SMILES string of the molecule is NS(=O)(=O)c1ccc(Br)c(C(=O)NCCC2CCCO2)c1. The van der Waals surface area contributed by atoms with Crippen LogP contribution in [0.25, 0.3) is 0 Å². The summed E-state index contributed by atoms with van der Waals surface area (Å²) < 4.78 is 28.6. The zero-order valence-corrected chi connectivity index (χ0v) is 13.7. The van der Waals surface area contributed by atoms with Gasteiger partial charge in [-0.3, -0.25) is 4.79 Å². The third-order valence-electron chi connectivity index (χ3n) is 3.29. The highest BCUT2D eigenvalue weighted by molar-refractivity contribution is 9.10. The number of rotatable bonds is 5. The number of primary sulfonamides is 1. The third kappa shape index (κ3) is 4.50. The average Bonchev–Trinajstić information content (AvgIpc) is 2.91. The number of sulfonamides is 1. The molecular weight excluding hydrogens is 360 g/mol. The summed E-state index contributed by atoms with van der Waals surface area (Å²) in [6, 6.07) is 4.11. The molecule has 0 saturated carbocycles. The number of carbonyl (C=O) groups excluding carboxylic acids is 1. The zero-order chi connectivity index (χ0) is 15.5. The molecule has 1 aliphatic rings. The molecule has 1 aromatic rings. The number of benzene rings is 1. The van der Waals surface area contributed by atoms with Crippen LogP contribution in [-0.2, 0) is 14.8 Å². The first-order valence-electron chi connectivity index (χ1n) is 6.60. The lowest BCUT2D eigenvalue weighted by molar-refractivity contribution is 0.0906. The van der Waals surface area contributed by atoms with E-state index in [4.69, 9.17) is 9.88 Å². The second kappa shape index (κ2) is 6.87. The Hall–Kier alpha value is -0.960. The van der Waals surface area contributed by atoms with Crippen molar-refractivity contribution in [2.45, 2.75) is 30.3 Å². The van der Waals surface area contributed by atoms with Crippen molar-refractivity contribution < 1.29 is 17.9 Å². The summed E-state index contributed by atoms with van der Waals surface area (Å²) in [5, 5.41) is 7.83. The molecule has 0 aliphatic carbocycles. The van der Waals surface area contributed by atoms with Gasteiger partial charge in [0.25, 0.3) is 5.91 Å². The van der Waals surface area contributed by atoms with E-state index < -0.39 is 10.0 Å². The van der Waals surface area contributed by atoms with Gasteiger partial charge in [-0.15, -0.1) is 0 Å². The van der Waals surface area contributed by atoms with Crippen LogP contribution in [-0.4, -0.2) is 33.6 Å². The third-order valence-corrected chi connectivity index (χ3v) is 4.89. The van der Waals surface area contributed by atoms with E-state index in [9.17, 15) is 13.2 Å². The molecule has 21 heavy (non-hydrogen) atoms. The van der Waals surface area contributed by atoms with Gasteiger partial charge in [0.05, 0.1) is 16.6 Å². The van der Waals surface area contributed by atoms with Gasteiger partial charge in [-0.2, -0.15) is 0 Å². The number of hydrogen-bond donors (Lipinski definition) is 2. The van der Waals surface area contributed by atoms with E-state index in [-0.39, 0.29) is 22.5 Å². The topological polar surface area (TPSA) is 98.5 Å². The van der Waals surface area contributed by atoms with Crippen LogP contribution >= 0.6 is 15.9 Å². The monoisotopic (exact) mass is 376 g/mol. The number of amides is 1. The van der Waals surface area contributed by atoms with Crippen molar-refractivity contribution in [3.63, 3.8) is 0 Å². The number of hydrogen-bond acceptors (Lipinski definition) is 4. The molecule has 1 atom stereocenters. The van der Waals surface area contributed by atoms with Crippen LogP contribution in [0.4, 0.5) is 0 Å². The van der Waals surface area contributed by atoms with E-state index in [2.05, 4.69) is 21.2 Å². The molecule has 1 aliphatic heterocycles. The summed E-state index contributed by atoms with van der Waals surface area (Å²) in [7, 11) is -3.83. The highest BCUT2D eigenvalue weighted by Gasteiger charge is 2.17. The molecule has 3 N–H and O–H groups in total. The molecule has 1 saturated heterocycles. The highest BCUT2D eigenvalue weighted by Crippen LogP contribution is 2.20. The number of nitrogens with one attached hydrogen (secondary N) is 1. The molecule has 0 bridgehead atoms. The van der Waals surface area contributed by atoms with Gasteiger partial charge in [0, 0.05) is 17.6 Å². The minimum Gasteiger partial charge on any atom is -0.378 e. The smallest absolute Gasteiger partial charge is 0.252 e. The lowest BCUT2D eigenvalue weighted by Crippen LogP contribution is -2.27. The second-order valence-electron chi connectivity index (χ2n) is 4.87. The summed E-state index contributed by atoms with van der Waals surface area (Å²) in [6.45, 7) is 1.26. The maximum atomic E-state index is 12.1. The largest absolute Gasteiger partial charge is 0.378 e. The Balaban J connectivity index is 2.01. The molecule has 0 radical (unpaired) electrons. The van der Waals surface area contributed by atoms with Crippen LogP contribution < -0.4 is 10.5 Å². The van der Waals surface area contributed by atoms with Crippen molar-refractivity contribution in [2.24, 2.45) is 5.14 Å². The first kappa shape index (κ1) is 16.4. The van der Waals surface area contributed by atoms with Gasteiger partial charge in [0.1, 0.15) is 0 Å². The average molecular weight is 377 g/mol. The number of carbonyl (C=O) groups is 1. The Morgan fingerprint density at radius 1 is 1.48 bits per heavy atom. The second-order valence-corrected chi connectivity index (χ2v) is 7.28. The van der Waals surface area contributed by atoms with E-state index in [0.29, 0.717) is 11.0 Å². The number of ether oxygens (including phenoxy) is 1. The molecule has 1 aromatic carbocycles. The van der Waals surface area contributed by atoms with Gasteiger partial charge < -0.3 is 10.1 Å². The maximum Gasteiger partial charge on any atom is 0.252 e. The molecule has 0 spiro atoms. The van der Waals surface area contributed by atoms with Crippen LogP contribution in [0.5, 0.6) is 0 Å². The molecule has 1 unspecified atom stereocenters. The Kier molecular flexibility index (Phi) is 5.37. The standard InChI is InChI=1S/C13H17BrN2O4S/c14-12-4-3-10(21(15,18)19)8-11(12)13(17)16-6-5-9-2-1-7-20-9/h3-4,8-9H,1-2,5-7H2,(H,16,17)(H2,15,18,19).